The molecule has 0 aliphatic rings. The third kappa shape index (κ3) is 3.46. The minimum atomic E-state index is -0.375. The van der Waals surface area contributed by atoms with Crippen molar-refractivity contribution in [2.45, 2.75) is 13.8 Å². The zero-order valence-corrected chi connectivity index (χ0v) is 13.8. The maximum Gasteiger partial charge on any atom is 0.363 e. The number of aryl methyl sites for hydroxylation is 2. The predicted octanol–water partition coefficient (Wildman–Crippen LogP) is 5.21. The van der Waals surface area contributed by atoms with E-state index < -0.39 is 0 Å². The monoisotopic (exact) mass is 317 g/mol. The van der Waals surface area contributed by atoms with E-state index >= 15 is 0 Å². The average Bonchev–Trinajstić information content (AvgIpc) is 2.61. The van der Waals surface area contributed by atoms with E-state index in [0.29, 0.717) is 5.56 Å². The van der Waals surface area contributed by atoms with Crippen LogP contribution in [-0.2, 0) is 4.84 Å². The molecule has 0 fully saturated rings. The van der Waals surface area contributed by atoms with Crippen molar-refractivity contribution < 1.29 is 9.63 Å². The molecule has 0 unspecified atom stereocenters. The molecule has 0 atom stereocenters. The third-order valence-corrected chi connectivity index (χ3v) is 3.76. The van der Waals surface area contributed by atoms with Crippen molar-refractivity contribution in [3.63, 3.8) is 0 Å². The number of rotatable bonds is 4. The lowest BCUT2D eigenvalue weighted by atomic mass is 10.1. The Hall–Kier alpha value is -3.07. The standard InChI is InChI=1S/C21H19NO2/c1-16-13-14-20(17(2)15-16)21(23)24-22(18-9-5-3-6-10-18)19-11-7-4-8-12-19/h3-15H,1-2H3. The summed E-state index contributed by atoms with van der Waals surface area (Å²) in [6.07, 6.45) is 0. The SMILES string of the molecule is Cc1ccc(C(=O)ON(c2ccccc2)c2ccccc2)c(C)c1. The van der Waals surface area contributed by atoms with Crippen molar-refractivity contribution in [3.8, 4) is 0 Å². The van der Waals surface area contributed by atoms with Gasteiger partial charge in [-0.05, 0) is 49.7 Å². The van der Waals surface area contributed by atoms with Crippen LogP contribution in [0.5, 0.6) is 0 Å². The van der Waals surface area contributed by atoms with Gasteiger partial charge in [-0.1, -0.05) is 54.1 Å². The van der Waals surface area contributed by atoms with E-state index in [-0.39, 0.29) is 5.97 Å². The number of para-hydroxylation sites is 2. The minimum absolute atomic E-state index is 0.375. The van der Waals surface area contributed by atoms with Gasteiger partial charge in [0.2, 0.25) is 0 Å². The van der Waals surface area contributed by atoms with Gasteiger partial charge in [-0.3, -0.25) is 0 Å². The zero-order valence-electron chi connectivity index (χ0n) is 13.8. The largest absolute Gasteiger partial charge is 0.363 e. The highest BCUT2D eigenvalue weighted by Crippen LogP contribution is 2.26. The summed E-state index contributed by atoms with van der Waals surface area (Å²) in [6, 6.07) is 24.8. The lowest BCUT2D eigenvalue weighted by Gasteiger charge is -2.23. The van der Waals surface area contributed by atoms with E-state index in [9.17, 15) is 4.79 Å². The molecule has 0 radical (unpaired) electrons. The summed E-state index contributed by atoms with van der Waals surface area (Å²) in [5.74, 6) is -0.375. The third-order valence-electron chi connectivity index (χ3n) is 3.76. The number of carbonyl (C=O) groups is 1. The average molecular weight is 317 g/mol. The number of nitrogens with zero attached hydrogens (tertiary/aromatic N) is 1. The van der Waals surface area contributed by atoms with Gasteiger partial charge in [0, 0.05) is 0 Å². The quantitative estimate of drug-likeness (QED) is 0.618. The summed E-state index contributed by atoms with van der Waals surface area (Å²) in [5.41, 5.74) is 4.18. The van der Waals surface area contributed by atoms with Gasteiger partial charge < -0.3 is 4.84 Å². The molecular weight excluding hydrogens is 298 g/mol. The van der Waals surface area contributed by atoms with Crippen molar-refractivity contribution in [1.82, 2.24) is 0 Å². The molecule has 120 valence electrons. The van der Waals surface area contributed by atoms with Gasteiger partial charge in [0.05, 0.1) is 16.9 Å². The number of carbonyl (C=O) groups excluding carboxylic acids is 1. The minimum Gasteiger partial charge on any atom is -0.330 e. The molecule has 0 aliphatic heterocycles. The second-order valence-corrected chi connectivity index (χ2v) is 5.66. The Morgan fingerprint density at radius 1 is 0.792 bits per heavy atom. The molecule has 3 nitrogen and oxygen atoms in total. The van der Waals surface area contributed by atoms with Crippen molar-refractivity contribution in [2.24, 2.45) is 0 Å². The first-order valence-corrected chi connectivity index (χ1v) is 7.85. The van der Waals surface area contributed by atoms with Crippen molar-refractivity contribution >= 4 is 17.3 Å². The zero-order chi connectivity index (χ0) is 16.9. The second kappa shape index (κ2) is 7.01. The van der Waals surface area contributed by atoms with Crippen LogP contribution in [0.4, 0.5) is 11.4 Å². The van der Waals surface area contributed by atoms with Crippen LogP contribution < -0.4 is 5.06 Å². The Bertz CT molecular complexity index is 789. The van der Waals surface area contributed by atoms with Crippen LogP contribution in [0.25, 0.3) is 0 Å². The van der Waals surface area contributed by atoms with Crippen molar-refractivity contribution in [2.75, 3.05) is 5.06 Å². The highest BCUT2D eigenvalue weighted by molar-refractivity contribution is 5.92. The summed E-state index contributed by atoms with van der Waals surface area (Å²) in [5, 5.41) is 1.56. The number of benzene rings is 3. The molecule has 0 N–H and O–H groups in total. The van der Waals surface area contributed by atoms with Crippen LogP contribution in [0.2, 0.25) is 0 Å². The molecule has 0 aromatic heterocycles. The Morgan fingerprint density at radius 2 is 1.33 bits per heavy atom. The normalized spacial score (nSPS) is 10.2. The van der Waals surface area contributed by atoms with E-state index in [1.165, 1.54) is 0 Å². The summed E-state index contributed by atoms with van der Waals surface area (Å²) in [6.45, 7) is 3.92. The summed E-state index contributed by atoms with van der Waals surface area (Å²) in [7, 11) is 0. The Morgan fingerprint density at radius 3 is 1.83 bits per heavy atom. The molecule has 3 aromatic carbocycles. The van der Waals surface area contributed by atoms with Gasteiger partial charge in [0.1, 0.15) is 0 Å². The molecule has 0 saturated carbocycles. The van der Waals surface area contributed by atoms with Gasteiger partial charge in [-0.2, -0.15) is 5.06 Å². The number of hydrogen-bond donors (Lipinski definition) is 0. The van der Waals surface area contributed by atoms with Crippen LogP contribution in [-0.4, -0.2) is 5.97 Å². The highest BCUT2D eigenvalue weighted by Gasteiger charge is 2.18. The molecule has 0 heterocycles. The Labute approximate surface area is 142 Å². The first-order chi connectivity index (χ1) is 11.6. The van der Waals surface area contributed by atoms with E-state index in [0.717, 1.165) is 22.5 Å². The van der Waals surface area contributed by atoms with Gasteiger partial charge in [-0.25, -0.2) is 4.79 Å². The van der Waals surface area contributed by atoms with E-state index in [1.807, 2.05) is 86.6 Å². The molecule has 0 amide bonds. The molecule has 0 spiro atoms. The van der Waals surface area contributed by atoms with Crippen LogP contribution >= 0.6 is 0 Å². The molecule has 3 aromatic rings. The van der Waals surface area contributed by atoms with Gasteiger partial charge in [-0.15, -0.1) is 0 Å². The number of hydrogen-bond acceptors (Lipinski definition) is 3. The molecule has 0 saturated heterocycles. The van der Waals surface area contributed by atoms with Crippen molar-refractivity contribution in [1.29, 1.82) is 0 Å². The van der Waals surface area contributed by atoms with Crippen LogP contribution in [0, 0.1) is 13.8 Å². The lowest BCUT2D eigenvalue weighted by Crippen LogP contribution is -2.23. The Kier molecular flexibility index (Phi) is 4.62. The first-order valence-electron chi connectivity index (χ1n) is 7.85. The van der Waals surface area contributed by atoms with E-state index in [2.05, 4.69) is 0 Å². The molecule has 3 rings (SSSR count). The highest BCUT2D eigenvalue weighted by atomic mass is 16.7. The van der Waals surface area contributed by atoms with Crippen LogP contribution in [0.3, 0.4) is 0 Å². The topological polar surface area (TPSA) is 29.5 Å². The fourth-order valence-corrected chi connectivity index (χ4v) is 2.56. The van der Waals surface area contributed by atoms with Crippen LogP contribution in [0.15, 0.2) is 78.9 Å². The summed E-state index contributed by atoms with van der Waals surface area (Å²) < 4.78 is 0. The van der Waals surface area contributed by atoms with Crippen LogP contribution in [0.1, 0.15) is 21.5 Å². The predicted molar refractivity (Wildman–Crippen MR) is 96.4 cm³/mol. The first kappa shape index (κ1) is 15.8. The fraction of sp³-hybridized carbons (Fsp3) is 0.0952. The molecule has 0 bridgehead atoms. The maximum atomic E-state index is 12.7. The lowest BCUT2D eigenvalue weighted by molar-refractivity contribution is 0.0503. The summed E-state index contributed by atoms with van der Waals surface area (Å²) in [4.78, 5) is 18.4. The van der Waals surface area contributed by atoms with Gasteiger partial charge in [0.25, 0.3) is 0 Å². The van der Waals surface area contributed by atoms with Gasteiger partial charge >= 0.3 is 5.97 Å². The fourth-order valence-electron chi connectivity index (χ4n) is 2.56. The molecule has 0 aliphatic carbocycles. The number of anilines is 2. The Balaban J connectivity index is 1.94. The molecular formula is C21H19NO2. The van der Waals surface area contributed by atoms with E-state index in [4.69, 9.17) is 4.84 Å². The second-order valence-electron chi connectivity index (χ2n) is 5.66. The van der Waals surface area contributed by atoms with Crippen molar-refractivity contribution in [3.05, 3.63) is 95.6 Å². The smallest absolute Gasteiger partial charge is 0.330 e. The molecule has 3 heteroatoms. The summed E-state index contributed by atoms with van der Waals surface area (Å²) >= 11 is 0. The molecule has 24 heavy (non-hydrogen) atoms. The maximum absolute atomic E-state index is 12.7. The van der Waals surface area contributed by atoms with Gasteiger partial charge in [0.15, 0.2) is 0 Å². The van der Waals surface area contributed by atoms with E-state index in [1.54, 1.807) is 11.1 Å².